The SMILES string of the molecule is CC(C)N1CC(N)=C(N(C)C)C(C)(C)C1. The molecule has 0 radical (unpaired) electrons. The molecule has 88 valence electrons. The summed E-state index contributed by atoms with van der Waals surface area (Å²) in [7, 11) is 4.16. The molecule has 3 heteroatoms. The Labute approximate surface area is 93.9 Å². The molecule has 0 amide bonds. The molecule has 1 aliphatic heterocycles. The fourth-order valence-corrected chi connectivity index (χ4v) is 2.62. The van der Waals surface area contributed by atoms with Gasteiger partial charge in [-0.3, -0.25) is 4.90 Å². The van der Waals surface area contributed by atoms with Crippen LogP contribution in [0.25, 0.3) is 0 Å². The lowest BCUT2D eigenvalue weighted by atomic mass is 9.83. The van der Waals surface area contributed by atoms with Crippen LogP contribution in [0, 0.1) is 5.41 Å². The lowest BCUT2D eigenvalue weighted by Gasteiger charge is -2.44. The number of hydrogen-bond acceptors (Lipinski definition) is 3. The van der Waals surface area contributed by atoms with Crippen LogP contribution in [0.15, 0.2) is 11.4 Å². The van der Waals surface area contributed by atoms with E-state index in [9.17, 15) is 0 Å². The third kappa shape index (κ3) is 2.46. The monoisotopic (exact) mass is 211 g/mol. The van der Waals surface area contributed by atoms with E-state index in [0.717, 1.165) is 18.8 Å². The largest absolute Gasteiger partial charge is 0.400 e. The molecule has 0 aromatic rings. The van der Waals surface area contributed by atoms with E-state index in [2.05, 4.69) is 51.6 Å². The molecule has 0 aromatic heterocycles. The molecule has 0 atom stereocenters. The fraction of sp³-hybridized carbons (Fsp3) is 0.833. The van der Waals surface area contributed by atoms with Crippen molar-refractivity contribution in [3.05, 3.63) is 11.4 Å². The molecule has 3 nitrogen and oxygen atoms in total. The minimum atomic E-state index is 0.149. The van der Waals surface area contributed by atoms with Gasteiger partial charge in [0, 0.05) is 50.0 Å². The van der Waals surface area contributed by atoms with Gasteiger partial charge < -0.3 is 10.6 Å². The van der Waals surface area contributed by atoms with Crippen molar-refractivity contribution in [2.24, 2.45) is 11.1 Å². The van der Waals surface area contributed by atoms with Gasteiger partial charge in [0.05, 0.1) is 0 Å². The van der Waals surface area contributed by atoms with Gasteiger partial charge in [-0.1, -0.05) is 13.8 Å². The van der Waals surface area contributed by atoms with E-state index in [0.29, 0.717) is 6.04 Å². The van der Waals surface area contributed by atoms with Gasteiger partial charge in [0.2, 0.25) is 0 Å². The maximum Gasteiger partial charge on any atom is 0.0424 e. The maximum absolute atomic E-state index is 6.18. The lowest BCUT2D eigenvalue weighted by Crippen LogP contribution is -2.49. The van der Waals surface area contributed by atoms with Crippen LogP contribution >= 0.6 is 0 Å². The molecule has 0 aliphatic carbocycles. The van der Waals surface area contributed by atoms with E-state index >= 15 is 0 Å². The van der Waals surface area contributed by atoms with Crippen LogP contribution < -0.4 is 5.73 Å². The van der Waals surface area contributed by atoms with Gasteiger partial charge in [-0.25, -0.2) is 0 Å². The van der Waals surface area contributed by atoms with Crippen LogP contribution in [-0.4, -0.2) is 43.0 Å². The van der Waals surface area contributed by atoms with Crippen molar-refractivity contribution in [1.82, 2.24) is 9.80 Å². The zero-order valence-electron chi connectivity index (χ0n) is 11.0. The Morgan fingerprint density at radius 2 is 1.87 bits per heavy atom. The summed E-state index contributed by atoms with van der Waals surface area (Å²) < 4.78 is 0. The van der Waals surface area contributed by atoms with Crippen molar-refractivity contribution >= 4 is 0 Å². The van der Waals surface area contributed by atoms with E-state index in [1.54, 1.807) is 0 Å². The number of nitrogens with zero attached hydrogens (tertiary/aromatic N) is 2. The van der Waals surface area contributed by atoms with Gasteiger partial charge in [-0.05, 0) is 13.8 Å². The first-order chi connectivity index (χ1) is 6.75. The molecule has 0 saturated carbocycles. The lowest BCUT2D eigenvalue weighted by molar-refractivity contribution is 0.134. The molecule has 0 fully saturated rings. The minimum Gasteiger partial charge on any atom is -0.400 e. The first-order valence-corrected chi connectivity index (χ1v) is 5.66. The van der Waals surface area contributed by atoms with E-state index < -0.39 is 0 Å². The van der Waals surface area contributed by atoms with Gasteiger partial charge >= 0.3 is 0 Å². The van der Waals surface area contributed by atoms with Crippen molar-refractivity contribution in [1.29, 1.82) is 0 Å². The first-order valence-electron chi connectivity index (χ1n) is 5.66. The minimum absolute atomic E-state index is 0.149. The molecule has 2 N–H and O–H groups in total. The first kappa shape index (κ1) is 12.4. The molecule has 0 saturated heterocycles. The van der Waals surface area contributed by atoms with Gasteiger partial charge in [0.25, 0.3) is 0 Å². The molecule has 1 rings (SSSR count). The van der Waals surface area contributed by atoms with Crippen molar-refractivity contribution in [2.45, 2.75) is 33.7 Å². The van der Waals surface area contributed by atoms with Gasteiger partial charge in [-0.2, -0.15) is 0 Å². The van der Waals surface area contributed by atoms with Crippen LogP contribution in [0.4, 0.5) is 0 Å². The molecule has 15 heavy (non-hydrogen) atoms. The van der Waals surface area contributed by atoms with Crippen molar-refractivity contribution in [3.8, 4) is 0 Å². The summed E-state index contributed by atoms with van der Waals surface area (Å²) in [5, 5.41) is 0. The summed E-state index contributed by atoms with van der Waals surface area (Å²) in [4.78, 5) is 4.59. The second-order valence-corrected chi connectivity index (χ2v) is 5.65. The van der Waals surface area contributed by atoms with Crippen LogP contribution in [0.5, 0.6) is 0 Å². The maximum atomic E-state index is 6.18. The summed E-state index contributed by atoms with van der Waals surface area (Å²) in [6.07, 6.45) is 0. The molecule has 1 heterocycles. The molecular formula is C12H25N3. The number of hydrogen-bond donors (Lipinski definition) is 1. The van der Waals surface area contributed by atoms with E-state index in [4.69, 9.17) is 5.73 Å². The quantitative estimate of drug-likeness (QED) is 0.751. The van der Waals surface area contributed by atoms with Crippen molar-refractivity contribution < 1.29 is 0 Å². The molecule has 0 bridgehead atoms. The van der Waals surface area contributed by atoms with Gasteiger partial charge in [-0.15, -0.1) is 0 Å². The van der Waals surface area contributed by atoms with E-state index in [1.807, 2.05) is 0 Å². The van der Waals surface area contributed by atoms with Gasteiger partial charge in [0.15, 0.2) is 0 Å². The standard InChI is InChI=1S/C12H25N3/c1-9(2)15-7-10(13)11(14(5)6)12(3,4)8-15/h9H,7-8,13H2,1-6H3. The average molecular weight is 211 g/mol. The van der Waals surface area contributed by atoms with Crippen molar-refractivity contribution in [3.63, 3.8) is 0 Å². The Balaban J connectivity index is 3.01. The van der Waals surface area contributed by atoms with Crippen LogP contribution in [0.1, 0.15) is 27.7 Å². The predicted molar refractivity (Wildman–Crippen MR) is 65.4 cm³/mol. The number of rotatable bonds is 2. The summed E-state index contributed by atoms with van der Waals surface area (Å²) in [6, 6.07) is 0.562. The third-order valence-electron chi connectivity index (χ3n) is 3.09. The Kier molecular flexibility index (Phi) is 3.34. The Morgan fingerprint density at radius 1 is 1.33 bits per heavy atom. The second kappa shape index (κ2) is 4.05. The highest BCUT2D eigenvalue weighted by Gasteiger charge is 2.35. The summed E-state index contributed by atoms with van der Waals surface area (Å²) in [6.45, 7) is 11.0. The van der Waals surface area contributed by atoms with Gasteiger partial charge in [0.1, 0.15) is 0 Å². The van der Waals surface area contributed by atoms with E-state index in [-0.39, 0.29) is 5.41 Å². The smallest absolute Gasteiger partial charge is 0.0424 e. The molecule has 0 unspecified atom stereocenters. The third-order valence-corrected chi connectivity index (χ3v) is 3.09. The Morgan fingerprint density at radius 3 is 2.20 bits per heavy atom. The van der Waals surface area contributed by atoms with Crippen LogP contribution in [0.3, 0.4) is 0 Å². The Hall–Kier alpha value is -0.700. The summed E-state index contributed by atoms with van der Waals surface area (Å²) in [5.74, 6) is 0. The fourth-order valence-electron chi connectivity index (χ4n) is 2.62. The summed E-state index contributed by atoms with van der Waals surface area (Å²) >= 11 is 0. The topological polar surface area (TPSA) is 32.5 Å². The Bertz CT molecular complexity index is 264. The molecule has 0 aromatic carbocycles. The van der Waals surface area contributed by atoms with Crippen molar-refractivity contribution in [2.75, 3.05) is 27.2 Å². The molecule has 1 aliphatic rings. The molecule has 0 spiro atoms. The highest BCUT2D eigenvalue weighted by Crippen LogP contribution is 2.34. The predicted octanol–water partition coefficient (Wildman–Crippen LogP) is 1.47. The zero-order valence-corrected chi connectivity index (χ0v) is 11.0. The molecular weight excluding hydrogens is 186 g/mol. The normalized spacial score (nSPS) is 22.3. The van der Waals surface area contributed by atoms with Crippen LogP contribution in [0.2, 0.25) is 0 Å². The highest BCUT2D eigenvalue weighted by atomic mass is 15.2. The zero-order chi connectivity index (χ0) is 11.8. The highest BCUT2D eigenvalue weighted by molar-refractivity contribution is 5.22. The van der Waals surface area contributed by atoms with E-state index in [1.165, 1.54) is 5.70 Å². The number of nitrogens with two attached hydrogens (primary N) is 1. The second-order valence-electron chi connectivity index (χ2n) is 5.65. The van der Waals surface area contributed by atoms with Crippen LogP contribution in [-0.2, 0) is 0 Å². The average Bonchev–Trinajstić information content (AvgIpc) is 1.99. The summed E-state index contributed by atoms with van der Waals surface area (Å²) in [5.41, 5.74) is 8.64.